The van der Waals surface area contributed by atoms with Crippen LogP contribution in [-0.2, 0) is 0 Å². The van der Waals surface area contributed by atoms with E-state index >= 15 is 0 Å². The predicted molar refractivity (Wildman–Crippen MR) is 44.7 cm³/mol. The molecule has 0 atom stereocenters. The Bertz CT molecular complexity index is 21.3. The van der Waals surface area contributed by atoms with Crippen molar-refractivity contribution in [3.8, 4) is 0 Å². The Morgan fingerprint density at radius 1 is 1.11 bits per heavy atom. The molecule has 0 fully saturated rings. The van der Waals surface area contributed by atoms with Crippen LogP contribution in [0, 0.1) is 0 Å². The number of rotatable bonds is 0. The van der Waals surface area contributed by atoms with Gasteiger partial charge in [0.25, 0.3) is 0 Å². The summed E-state index contributed by atoms with van der Waals surface area (Å²) >= 11 is 6.18. The highest BCUT2D eigenvalue weighted by Gasteiger charge is 2.23. The van der Waals surface area contributed by atoms with Crippen LogP contribution in [0.5, 0.6) is 0 Å². The first-order valence-electron chi connectivity index (χ1n) is 2.37. The molecule has 0 N–H and O–H groups in total. The average molecular weight is 278 g/mol. The Balaban J connectivity index is -0.0000000600. The van der Waals surface area contributed by atoms with Crippen LogP contribution in [0.25, 0.3) is 0 Å². The van der Waals surface area contributed by atoms with Crippen molar-refractivity contribution in [3.63, 3.8) is 0 Å². The Labute approximate surface area is 74.6 Å². The maximum absolute atomic E-state index is 8.93. The van der Waals surface area contributed by atoms with E-state index in [-0.39, 0.29) is 13.2 Å². The van der Waals surface area contributed by atoms with Crippen LogP contribution in [-0.4, -0.2) is 20.0 Å². The summed E-state index contributed by atoms with van der Waals surface area (Å²) < 4.78 is 0. The quantitative estimate of drug-likeness (QED) is 0.464. The van der Waals surface area contributed by atoms with Gasteiger partial charge in [0, 0.05) is 0 Å². The molecule has 2 nitrogen and oxygen atoms in total. The molecule has 5 heteroatoms. The van der Waals surface area contributed by atoms with Gasteiger partial charge in [-0.2, -0.15) is 0 Å². The Morgan fingerprint density at radius 2 is 1.11 bits per heavy atom. The van der Waals surface area contributed by atoms with Crippen LogP contribution in [0.2, 0.25) is 0 Å². The Hall–Kier alpha value is 1.10. The van der Waals surface area contributed by atoms with E-state index in [4.69, 9.17) is 10.2 Å². The lowest BCUT2D eigenvalue weighted by Crippen LogP contribution is -1.97. The fourth-order valence-electron chi connectivity index (χ4n) is 0. The van der Waals surface area contributed by atoms with Gasteiger partial charge in [0.1, 0.15) is 0 Å². The summed E-state index contributed by atoms with van der Waals surface area (Å²) in [4.78, 5) is 0. The molecule has 0 saturated carbocycles. The van der Waals surface area contributed by atoms with E-state index in [1.54, 1.807) is 13.8 Å². The summed E-state index contributed by atoms with van der Waals surface area (Å²) in [6, 6.07) is 0. The predicted octanol–water partition coefficient (Wildman–Crippen LogP) is 0.0436. The van der Waals surface area contributed by atoms with Gasteiger partial charge in [0.2, 0.25) is 0 Å². The van der Waals surface area contributed by atoms with Gasteiger partial charge >= 0.3 is 37.3 Å². The molecule has 0 bridgehead atoms. The van der Waals surface area contributed by atoms with Crippen molar-refractivity contribution in [2.24, 2.45) is 0 Å². The van der Waals surface area contributed by atoms with Crippen LogP contribution < -0.4 is 10.2 Å². The third kappa shape index (κ3) is 381. The van der Waals surface area contributed by atoms with Crippen LogP contribution in [0.4, 0.5) is 0 Å². The van der Waals surface area contributed by atoms with E-state index in [1.165, 1.54) is 0 Å². The molecule has 0 rings (SSSR count). The maximum Gasteiger partial charge on any atom is 1.11 e. The minimum absolute atomic E-state index is 0. The number of hydrogen-bond donors (Lipinski definition) is 0. The summed E-state index contributed by atoms with van der Waals surface area (Å²) in [6.45, 7) is 3.85. The van der Waals surface area contributed by atoms with E-state index in [9.17, 15) is 0 Å². The largest absolute Gasteiger partial charge is 1.11 e. The molecule has 56 valence electrons. The van der Waals surface area contributed by atoms with Gasteiger partial charge in [-0.25, -0.2) is 0 Å². The van der Waals surface area contributed by atoms with Crippen molar-refractivity contribution in [3.05, 3.63) is 0 Å². The monoisotopic (exact) mass is 276 g/mol. The van der Waals surface area contributed by atoms with E-state index in [0.717, 1.165) is 0 Å². The van der Waals surface area contributed by atoms with E-state index < -0.39 is 0 Å². The molecule has 0 unspecified atom stereocenters. The molecule has 0 aliphatic carbocycles. The van der Waals surface area contributed by atoms with Gasteiger partial charge < -0.3 is 10.2 Å². The first-order chi connectivity index (χ1) is 4.24. The van der Waals surface area contributed by atoms with Gasteiger partial charge in [-0.15, -0.1) is 13.2 Å². The molecule has 0 aromatic carbocycles. The van der Waals surface area contributed by atoms with Crippen molar-refractivity contribution < 1.29 is 10.2 Å². The van der Waals surface area contributed by atoms with Crippen LogP contribution in [0.3, 0.4) is 0 Å². The minimum atomic E-state index is 0. The normalized spacial score (nSPS) is 5.11. The van der Waals surface area contributed by atoms with Crippen molar-refractivity contribution in [2.45, 2.75) is 13.8 Å². The molecule has 0 radical (unpaired) electrons. The maximum atomic E-state index is 8.93. The molecule has 9 heavy (non-hydrogen) atoms. The zero-order valence-electron chi connectivity index (χ0n) is 5.49. The first-order valence-corrected chi connectivity index (χ1v) is 7.88. The molecule has 0 aliphatic rings. The molecular formula is C4H10Br2O2Si. The molecule has 0 aromatic rings. The van der Waals surface area contributed by atoms with Crippen LogP contribution >= 0.6 is 30.6 Å². The summed E-state index contributed by atoms with van der Waals surface area (Å²) in [5, 5.41) is 17.9. The lowest BCUT2D eigenvalue weighted by atomic mass is 10.9. The smallest absolute Gasteiger partial charge is 0.855 e. The van der Waals surface area contributed by atoms with Crippen molar-refractivity contribution in [2.75, 3.05) is 13.2 Å². The van der Waals surface area contributed by atoms with Crippen molar-refractivity contribution in [1.82, 2.24) is 0 Å². The molecule has 0 heterocycles. The highest BCUT2D eigenvalue weighted by Crippen LogP contribution is 1.77. The Kier molecular flexibility index (Phi) is 65.5. The van der Waals surface area contributed by atoms with Gasteiger partial charge in [-0.05, 0) is 0 Å². The molecular weight excluding hydrogens is 268 g/mol. The van der Waals surface area contributed by atoms with Crippen LogP contribution in [0.1, 0.15) is 13.8 Å². The zero-order chi connectivity index (χ0) is 8.12. The van der Waals surface area contributed by atoms with Crippen molar-refractivity contribution in [1.29, 1.82) is 0 Å². The Morgan fingerprint density at radius 3 is 1.11 bits per heavy atom. The van der Waals surface area contributed by atoms with Gasteiger partial charge in [-0.1, -0.05) is 13.8 Å². The molecule has 0 amide bonds. The van der Waals surface area contributed by atoms with E-state index in [2.05, 4.69) is 30.6 Å². The molecule has 0 saturated heterocycles. The molecule has 0 spiro atoms. The highest BCUT2D eigenvalue weighted by molar-refractivity contribution is 9.47. The van der Waals surface area contributed by atoms with E-state index in [1.807, 2.05) is 0 Å². The topological polar surface area (TPSA) is 46.1 Å². The lowest BCUT2D eigenvalue weighted by Gasteiger charge is -1.79. The van der Waals surface area contributed by atoms with Gasteiger partial charge in [0.05, 0.1) is 0 Å². The van der Waals surface area contributed by atoms with Gasteiger partial charge in [0.15, 0.2) is 0 Å². The number of hydrogen-bond acceptors (Lipinski definition) is 2. The lowest BCUT2D eigenvalue weighted by molar-refractivity contribution is -0.362. The number of halogens is 2. The second-order valence-corrected chi connectivity index (χ2v) is 6.36. The highest BCUT2D eigenvalue weighted by atomic mass is 79.9. The minimum Gasteiger partial charge on any atom is -0.855 e. The summed E-state index contributed by atoms with van der Waals surface area (Å²) in [5.41, 5.74) is 0. The van der Waals surface area contributed by atoms with Crippen molar-refractivity contribution >= 4 is 37.3 Å². The fraction of sp³-hybridized carbons (Fsp3) is 1.00. The first kappa shape index (κ1) is 16.6. The second-order valence-electron chi connectivity index (χ2n) is 0.649. The van der Waals surface area contributed by atoms with E-state index in [0.29, 0.717) is 6.76 Å². The third-order valence-corrected chi connectivity index (χ3v) is 0. The molecule has 0 aliphatic heterocycles. The summed E-state index contributed by atoms with van der Waals surface area (Å²) in [7, 11) is 0. The zero-order valence-corrected chi connectivity index (χ0v) is 9.66. The summed E-state index contributed by atoms with van der Waals surface area (Å²) in [6.07, 6.45) is 0. The SMILES string of the molecule is Br[Si+2]Br.CC[O-].CC[O-]. The molecule has 0 aromatic heterocycles. The second kappa shape index (κ2) is 35.5. The van der Waals surface area contributed by atoms with Gasteiger partial charge in [-0.3, -0.25) is 0 Å². The average Bonchev–Trinajstić information content (AvgIpc) is 1.70. The standard InChI is InChI=1S/2C2H5O.Br2Si/c2*1-2-3;1-3-2/h2*2H2,1H3;/q2*-1;+2. The summed E-state index contributed by atoms with van der Waals surface area (Å²) in [5.74, 6) is 0. The van der Waals surface area contributed by atoms with Crippen LogP contribution in [0.15, 0.2) is 0 Å². The third-order valence-electron chi connectivity index (χ3n) is 0. The fourth-order valence-corrected chi connectivity index (χ4v) is 0.